The van der Waals surface area contributed by atoms with Crippen molar-refractivity contribution in [1.29, 1.82) is 0 Å². The third-order valence-electron chi connectivity index (χ3n) is 4.32. The van der Waals surface area contributed by atoms with Crippen LogP contribution in [0.25, 0.3) is 11.1 Å². The number of rotatable bonds is 5. The molecule has 0 saturated heterocycles. The molecule has 0 atom stereocenters. The number of nitrogens with two attached hydrogens (primary N) is 1. The largest absolute Gasteiger partial charge is 0.417 e. The summed E-state index contributed by atoms with van der Waals surface area (Å²) in [6, 6.07) is 7.89. The summed E-state index contributed by atoms with van der Waals surface area (Å²) in [5, 5.41) is 0.705. The van der Waals surface area contributed by atoms with Gasteiger partial charge in [0.05, 0.1) is 16.2 Å². The van der Waals surface area contributed by atoms with Gasteiger partial charge in [0.1, 0.15) is 5.69 Å². The molecule has 0 unspecified atom stereocenters. The minimum atomic E-state index is -4.55. The number of hydrogen-bond acceptors (Lipinski definition) is 5. The highest BCUT2D eigenvalue weighted by Crippen LogP contribution is 2.31. The number of halogens is 5. The lowest BCUT2D eigenvalue weighted by Crippen LogP contribution is -2.20. The third-order valence-corrected chi connectivity index (χ3v) is 6.49. The van der Waals surface area contributed by atoms with Crippen molar-refractivity contribution in [2.75, 3.05) is 5.75 Å². The lowest BCUT2D eigenvalue weighted by molar-refractivity contribution is -0.137. The van der Waals surface area contributed by atoms with Gasteiger partial charge in [-0.1, -0.05) is 30.1 Å². The highest BCUT2D eigenvalue weighted by Gasteiger charge is 2.30. The lowest BCUT2D eigenvalue weighted by atomic mass is 10.1. The normalized spacial score (nSPS) is 12.8. The highest BCUT2D eigenvalue weighted by atomic mass is 35.5. The van der Waals surface area contributed by atoms with Crippen LogP contribution in [-0.2, 0) is 16.0 Å². The maximum atomic E-state index is 12.7. The first-order valence-electron chi connectivity index (χ1n) is 8.98. The molecule has 0 fully saturated rings. The van der Waals surface area contributed by atoms with E-state index in [0.717, 1.165) is 12.1 Å². The second-order valence-electron chi connectivity index (χ2n) is 6.53. The van der Waals surface area contributed by atoms with Crippen LogP contribution in [-0.4, -0.2) is 30.0 Å². The average Bonchev–Trinajstić information content (AvgIpc) is 2.72. The smallest absolute Gasteiger partial charge is 0.382 e. The van der Waals surface area contributed by atoms with E-state index in [1.54, 1.807) is 12.1 Å². The van der Waals surface area contributed by atoms with Gasteiger partial charge in [0, 0.05) is 28.0 Å². The second-order valence-corrected chi connectivity index (χ2v) is 9.65. The van der Waals surface area contributed by atoms with Gasteiger partial charge in [-0.15, -0.1) is 0 Å². The van der Waals surface area contributed by atoms with Crippen LogP contribution in [0.3, 0.4) is 0 Å². The van der Waals surface area contributed by atoms with Gasteiger partial charge >= 0.3 is 6.18 Å². The van der Waals surface area contributed by atoms with Gasteiger partial charge in [-0.05, 0) is 42.0 Å². The molecular weight excluding hydrogens is 488 g/mol. The Balaban J connectivity index is 2.10. The Hall–Kier alpha value is -2.69. The minimum Gasteiger partial charge on any atom is -0.382 e. The van der Waals surface area contributed by atoms with Crippen LogP contribution in [0.1, 0.15) is 18.2 Å². The molecule has 0 saturated carbocycles. The molecule has 3 aromatic rings. The number of hydrogen-bond donors (Lipinski definition) is 1. The Morgan fingerprint density at radius 2 is 1.69 bits per heavy atom. The highest BCUT2D eigenvalue weighted by molar-refractivity contribution is 7.91. The van der Waals surface area contributed by atoms with Crippen molar-refractivity contribution in [3.05, 3.63) is 70.1 Å². The molecule has 0 amide bonds. The topological polar surface area (TPSA) is 98.3 Å². The molecule has 3 rings (SSSR count). The first kappa shape index (κ1) is 24.0. The van der Waals surface area contributed by atoms with E-state index in [-0.39, 0.29) is 28.0 Å². The van der Waals surface area contributed by atoms with Gasteiger partial charge in [-0.25, -0.2) is 18.4 Å². The van der Waals surface area contributed by atoms with Gasteiger partial charge in [0.25, 0.3) is 0 Å². The van der Waals surface area contributed by atoms with Crippen molar-refractivity contribution < 1.29 is 21.6 Å². The van der Waals surface area contributed by atoms with Crippen LogP contribution in [0.4, 0.5) is 19.0 Å². The molecular formula is C20H15Cl2F3N4O2S. The standard InChI is InChI=1S/C20H15Cl2F3N4O2S/c1-2-32(30,31)16-7-12(11-5-14(21)8-15(22)6-11)9-28-18(16)19(26)29-17-4-3-13(10-27-17)20(23,24)25/h3-10H,2H2,1H3,(H2,26,27,29). The SMILES string of the molecule is CCS(=O)(=O)c1cc(-c2cc(Cl)cc(Cl)c2)cnc1C(N)=Nc1ccc(C(F)(F)F)cn1. The Kier molecular flexibility index (Phi) is 6.77. The summed E-state index contributed by atoms with van der Waals surface area (Å²) in [4.78, 5) is 11.5. The maximum absolute atomic E-state index is 12.7. The van der Waals surface area contributed by atoms with E-state index in [4.69, 9.17) is 28.9 Å². The predicted molar refractivity (Wildman–Crippen MR) is 117 cm³/mol. The van der Waals surface area contributed by atoms with Gasteiger partial charge in [-0.2, -0.15) is 13.2 Å². The summed E-state index contributed by atoms with van der Waals surface area (Å²) in [5.74, 6) is -0.699. The molecule has 2 heterocycles. The molecule has 1 aromatic carbocycles. The molecule has 2 aromatic heterocycles. The molecule has 0 radical (unpaired) electrons. The zero-order valence-electron chi connectivity index (χ0n) is 16.4. The van der Waals surface area contributed by atoms with Crippen molar-refractivity contribution in [1.82, 2.24) is 9.97 Å². The van der Waals surface area contributed by atoms with Gasteiger partial charge in [0.15, 0.2) is 21.5 Å². The summed E-state index contributed by atoms with van der Waals surface area (Å²) in [5.41, 5.74) is 5.82. The fourth-order valence-electron chi connectivity index (χ4n) is 2.70. The first-order chi connectivity index (χ1) is 14.9. The van der Waals surface area contributed by atoms with Crippen molar-refractivity contribution in [3.63, 3.8) is 0 Å². The molecule has 0 spiro atoms. The summed E-state index contributed by atoms with van der Waals surface area (Å²) >= 11 is 12.1. The van der Waals surface area contributed by atoms with Crippen molar-refractivity contribution in [2.45, 2.75) is 18.0 Å². The van der Waals surface area contributed by atoms with E-state index >= 15 is 0 Å². The van der Waals surface area contributed by atoms with E-state index < -0.39 is 21.6 Å². The minimum absolute atomic E-state index is 0.136. The van der Waals surface area contributed by atoms with E-state index in [9.17, 15) is 21.6 Å². The summed E-state index contributed by atoms with van der Waals surface area (Å²) in [7, 11) is -3.80. The molecule has 0 aliphatic rings. The Morgan fingerprint density at radius 3 is 2.22 bits per heavy atom. The van der Waals surface area contributed by atoms with Crippen LogP contribution in [0.5, 0.6) is 0 Å². The summed E-state index contributed by atoms with van der Waals surface area (Å²) in [6.45, 7) is 1.45. The molecule has 0 bridgehead atoms. The fourth-order valence-corrected chi connectivity index (χ4v) is 4.30. The Morgan fingerprint density at radius 1 is 1.03 bits per heavy atom. The van der Waals surface area contributed by atoms with Crippen LogP contribution in [0.2, 0.25) is 10.0 Å². The van der Waals surface area contributed by atoms with E-state index in [0.29, 0.717) is 27.4 Å². The molecule has 0 aliphatic heterocycles. The van der Waals surface area contributed by atoms with Crippen LogP contribution in [0.15, 0.2) is 58.7 Å². The number of nitrogens with zero attached hydrogens (tertiary/aromatic N) is 3. The predicted octanol–water partition coefficient (Wildman–Crippen LogP) is 5.30. The van der Waals surface area contributed by atoms with E-state index in [1.807, 2.05) is 0 Å². The monoisotopic (exact) mass is 502 g/mol. The molecule has 12 heteroatoms. The van der Waals surface area contributed by atoms with E-state index in [1.165, 1.54) is 25.3 Å². The molecule has 2 N–H and O–H groups in total. The number of pyridine rings is 2. The zero-order chi connectivity index (χ0) is 23.7. The third kappa shape index (κ3) is 5.37. The number of aromatic nitrogens is 2. The molecule has 32 heavy (non-hydrogen) atoms. The molecule has 168 valence electrons. The number of alkyl halides is 3. The summed E-state index contributed by atoms with van der Waals surface area (Å²) in [6.07, 6.45) is -2.58. The number of sulfone groups is 1. The van der Waals surface area contributed by atoms with Crippen molar-refractivity contribution in [2.24, 2.45) is 10.7 Å². The second kappa shape index (κ2) is 9.05. The first-order valence-corrected chi connectivity index (χ1v) is 11.4. The lowest BCUT2D eigenvalue weighted by Gasteiger charge is -2.11. The quantitative estimate of drug-likeness (QED) is 0.377. The van der Waals surface area contributed by atoms with Crippen LogP contribution in [0, 0.1) is 0 Å². The fraction of sp³-hybridized carbons (Fsp3) is 0.150. The van der Waals surface area contributed by atoms with Gasteiger partial charge in [0.2, 0.25) is 0 Å². The van der Waals surface area contributed by atoms with E-state index in [2.05, 4.69) is 15.0 Å². The number of benzene rings is 1. The van der Waals surface area contributed by atoms with Crippen molar-refractivity contribution >= 4 is 44.7 Å². The number of aliphatic imine (C=N–C) groups is 1. The average molecular weight is 503 g/mol. The number of amidine groups is 1. The van der Waals surface area contributed by atoms with Crippen LogP contribution < -0.4 is 5.73 Å². The zero-order valence-corrected chi connectivity index (χ0v) is 18.7. The maximum Gasteiger partial charge on any atom is 0.417 e. The van der Waals surface area contributed by atoms with Gasteiger partial charge < -0.3 is 5.73 Å². The molecule has 0 aliphatic carbocycles. The van der Waals surface area contributed by atoms with Gasteiger partial charge in [-0.3, -0.25) is 4.98 Å². The Bertz CT molecular complexity index is 1270. The molecule has 6 nitrogen and oxygen atoms in total. The summed E-state index contributed by atoms with van der Waals surface area (Å²) < 4.78 is 63.5. The van der Waals surface area contributed by atoms with Crippen molar-refractivity contribution in [3.8, 4) is 11.1 Å². The van der Waals surface area contributed by atoms with Crippen LogP contribution >= 0.6 is 23.2 Å². The Labute approximate surface area is 191 Å².